The van der Waals surface area contributed by atoms with Crippen molar-refractivity contribution in [2.75, 3.05) is 11.9 Å². The van der Waals surface area contributed by atoms with E-state index in [1.807, 2.05) is 12.1 Å². The minimum absolute atomic E-state index is 0.0266. The van der Waals surface area contributed by atoms with E-state index in [9.17, 15) is 4.79 Å². The highest BCUT2D eigenvalue weighted by molar-refractivity contribution is 5.88. The molecule has 1 aliphatic carbocycles. The molecule has 1 aromatic carbocycles. The van der Waals surface area contributed by atoms with Crippen LogP contribution in [-0.2, 0) is 4.79 Å². The highest BCUT2D eigenvalue weighted by Crippen LogP contribution is 2.37. The first-order valence-corrected chi connectivity index (χ1v) is 7.59. The fourth-order valence-electron chi connectivity index (χ4n) is 3.01. The third kappa shape index (κ3) is 4.07. The smallest absolute Gasteiger partial charge is 0.221 e. The van der Waals surface area contributed by atoms with E-state index in [-0.39, 0.29) is 5.91 Å². The number of hydrogen-bond donors (Lipinski definition) is 2. The Hall–Kier alpha value is -1.35. The van der Waals surface area contributed by atoms with Crippen molar-refractivity contribution in [2.24, 2.45) is 5.41 Å². The molecule has 0 heterocycles. The van der Waals surface area contributed by atoms with Gasteiger partial charge in [0.15, 0.2) is 0 Å². The van der Waals surface area contributed by atoms with Gasteiger partial charge in [-0.05, 0) is 42.9 Å². The van der Waals surface area contributed by atoms with Gasteiger partial charge in [-0.1, -0.05) is 31.9 Å². The molecule has 3 nitrogen and oxygen atoms in total. The fourth-order valence-corrected chi connectivity index (χ4v) is 3.01. The van der Waals surface area contributed by atoms with Gasteiger partial charge >= 0.3 is 0 Å². The van der Waals surface area contributed by atoms with Gasteiger partial charge in [-0.15, -0.1) is 0 Å². The molecule has 3 heteroatoms. The molecule has 0 aromatic heterocycles. The monoisotopic (exact) mass is 274 g/mol. The molecule has 1 atom stereocenters. The fraction of sp³-hybridized carbons (Fsp3) is 0.588. The van der Waals surface area contributed by atoms with Gasteiger partial charge < -0.3 is 10.6 Å². The number of rotatable bonds is 5. The minimum Gasteiger partial charge on any atom is -0.326 e. The van der Waals surface area contributed by atoms with Gasteiger partial charge in [0.2, 0.25) is 5.91 Å². The zero-order valence-electron chi connectivity index (χ0n) is 12.8. The van der Waals surface area contributed by atoms with Gasteiger partial charge in [-0.3, -0.25) is 4.79 Å². The van der Waals surface area contributed by atoms with E-state index in [0.29, 0.717) is 11.5 Å². The molecular formula is C17H26N2O. The second-order valence-corrected chi connectivity index (χ2v) is 6.43. The van der Waals surface area contributed by atoms with Crippen molar-refractivity contribution >= 4 is 11.6 Å². The van der Waals surface area contributed by atoms with E-state index in [0.717, 1.165) is 12.2 Å². The average Bonchev–Trinajstić information content (AvgIpc) is 2.83. The highest BCUT2D eigenvalue weighted by Gasteiger charge is 2.28. The van der Waals surface area contributed by atoms with Crippen molar-refractivity contribution in [3.8, 4) is 0 Å². The van der Waals surface area contributed by atoms with E-state index < -0.39 is 0 Å². The normalized spacial score (nSPS) is 18.8. The van der Waals surface area contributed by atoms with Gasteiger partial charge in [-0.25, -0.2) is 0 Å². The number of benzene rings is 1. The molecular weight excluding hydrogens is 248 g/mol. The molecule has 1 amide bonds. The lowest BCUT2D eigenvalue weighted by molar-refractivity contribution is -0.114. The second-order valence-electron chi connectivity index (χ2n) is 6.43. The molecule has 20 heavy (non-hydrogen) atoms. The van der Waals surface area contributed by atoms with Crippen molar-refractivity contribution in [1.29, 1.82) is 0 Å². The molecule has 0 bridgehead atoms. The lowest BCUT2D eigenvalue weighted by Crippen LogP contribution is -2.31. The Morgan fingerprint density at radius 2 is 2.05 bits per heavy atom. The van der Waals surface area contributed by atoms with Crippen molar-refractivity contribution in [1.82, 2.24) is 5.32 Å². The number of nitrogens with one attached hydrogen (secondary N) is 2. The molecule has 0 radical (unpaired) electrons. The van der Waals surface area contributed by atoms with Crippen molar-refractivity contribution in [3.63, 3.8) is 0 Å². The molecule has 110 valence electrons. The maximum absolute atomic E-state index is 11.1. The van der Waals surface area contributed by atoms with E-state index in [4.69, 9.17) is 0 Å². The maximum atomic E-state index is 11.1. The first-order valence-electron chi connectivity index (χ1n) is 7.59. The van der Waals surface area contributed by atoms with Crippen LogP contribution >= 0.6 is 0 Å². The van der Waals surface area contributed by atoms with Crippen molar-refractivity contribution < 1.29 is 4.79 Å². The van der Waals surface area contributed by atoms with Crippen LogP contribution in [0.2, 0.25) is 0 Å². The number of hydrogen-bond acceptors (Lipinski definition) is 2. The van der Waals surface area contributed by atoms with Crippen molar-refractivity contribution in [2.45, 2.75) is 52.5 Å². The minimum atomic E-state index is -0.0266. The summed E-state index contributed by atoms with van der Waals surface area (Å²) in [5, 5.41) is 6.49. The summed E-state index contributed by atoms with van der Waals surface area (Å²) < 4.78 is 0. The number of carbonyl (C=O) groups is 1. The van der Waals surface area contributed by atoms with E-state index in [2.05, 4.69) is 36.6 Å². The molecule has 1 aliphatic rings. The summed E-state index contributed by atoms with van der Waals surface area (Å²) in [6, 6.07) is 8.39. The third-order valence-corrected chi connectivity index (χ3v) is 4.35. The summed E-state index contributed by atoms with van der Waals surface area (Å²) in [6.07, 6.45) is 5.40. The van der Waals surface area contributed by atoms with Crippen LogP contribution in [-0.4, -0.2) is 12.5 Å². The average molecular weight is 274 g/mol. The zero-order valence-corrected chi connectivity index (χ0v) is 12.8. The van der Waals surface area contributed by atoms with Crippen LogP contribution < -0.4 is 10.6 Å². The molecule has 1 saturated carbocycles. The predicted molar refractivity (Wildman–Crippen MR) is 83.7 cm³/mol. The Kier molecular flexibility index (Phi) is 4.81. The Bertz CT molecular complexity index is 464. The van der Waals surface area contributed by atoms with Crippen LogP contribution in [0.1, 0.15) is 58.1 Å². The van der Waals surface area contributed by atoms with Crippen molar-refractivity contribution in [3.05, 3.63) is 29.8 Å². The molecule has 2 rings (SSSR count). The lowest BCUT2D eigenvalue weighted by Gasteiger charge is -2.26. The number of carbonyl (C=O) groups excluding carboxylic acids is 1. The van der Waals surface area contributed by atoms with Crippen LogP contribution in [0.25, 0.3) is 0 Å². The van der Waals surface area contributed by atoms with Gasteiger partial charge in [0.25, 0.3) is 0 Å². The summed E-state index contributed by atoms with van der Waals surface area (Å²) in [7, 11) is 0. The Labute approximate surface area is 122 Å². The predicted octanol–water partition coefficient (Wildman–Crippen LogP) is 3.88. The van der Waals surface area contributed by atoms with Crippen LogP contribution in [0, 0.1) is 5.41 Å². The molecule has 2 N–H and O–H groups in total. The van der Waals surface area contributed by atoms with Crippen LogP contribution in [0.5, 0.6) is 0 Å². The molecule has 1 aromatic rings. The number of anilines is 1. The first kappa shape index (κ1) is 15.0. The molecule has 0 saturated heterocycles. The Morgan fingerprint density at radius 3 is 2.70 bits per heavy atom. The topological polar surface area (TPSA) is 41.1 Å². The van der Waals surface area contributed by atoms with Crippen LogP contribution in [0.3, 0.4) is 0 Å². The summed E-state index contributed by atoms with van der Waals surface area (Å²) in [5.41, 5.74) is 2.55. The highest BCUT2D eigenvalue weighted by atomic mass is 16.1. The van der Waals surface area contributed by atoms with E-state index in [1.165, 1.54) is 38.2 Å². The Morgan fingerprint density at radius 1 is 1.35 bits per heavy atom. The van der Waals surface area contributed by atoms with Crippen LogP contribution in [0.15, 0.2) is 24.3 Å². The van der Waals surface area contributed by atoms with Gasteiger partial charge in [0.1, 0.15) is 0 Å². The zero-order chi connectivity index (χ0) is 14.6. The summed E-state index contributed by atoms with van der Waals surface area (Å²) in [5.74, 6) is -0.0266. The standard InChI is InChI=1S/C17H26N2O/c1-13(18-12-17(3)9-4-5-10-17)15-7-6-8-16(11-15)19-14(2)20/h6-8,11,13,18H,4-5,9-10,12H2,1-3H3,(H,19,20). The molecule has 1 unspecified atom stereocenters. The quantitative estimate of drug-likeness (QED) is 0.855. The largest absolute Gasteiger partial charge is 0.326 e. The van der Waals surface area contributed by atoms with Crippen LogP contribution in [0.4, 0.5) is 5.69 Å². The van der Waals surface area contributed by atoms with E-state index in [1.54, 1.807) is 0 Å². The van der Waals surface area contributed by atoms with Gasteiger partial charge in [0, 0.05) is 25.2 Å². The first-order chi connectivity index (χ1) is 9.48. The second kappa shape index (κ2) is 6.40. The molecule has 0 aliphatic heterocycles. The SMILES string of the molecule is CC(=O)Nc1cccc(C(C)NCC2(C)CCCC2)c1. The summed E-state index contributed by atoms with van der Waals surface area (Å²) >= 11 is 0. The van der Waals surface area contributed by atoms with Gasteiger partial charge in [-0.2, -0.15) is 0 Å². The van der Waals surface area contributed by atoms with Gasteiger partial charge in [0.05, 0.1) is 0 Å². The third-order valence-electron chi connectivity index (χ3n) is 4.35. The molecule has 0 spiro atoms. The summed E-state index contributed by atoms with van der Waals surface area (Å²) in [4.78, 5) is 11.1. The van der Waals surface area contributed by atoms with E-state index >= 15 is 0 Å². The number of amides is 1. The Balaban J connectivity index is 1.94. The summed E-state index contributed by atoms with van der Waals surface area (Å²) in [6.45, 7) is 7.17. The lowest BCUT2D eigenvalue weighted by atomic mass is 9.88. The molecule has 1 fully saturated rings. The maximum Gasteiger partial charge on any atom is 0.221 e.